The Bertz CT molecular complexity index is 547. The minimum Gasteiger partial charge on any atom is -0.327 e. The van der Waals surface area contributed by atoms with Gasteiger partial charge in [0.25, 0.3) is 0 Å². The highest BCUT2D eigenvalue weighted by molar-refractivity contribution is 9.10. The maximum Gasteiger partial charge on any atom is 0.136 e. The Labute approximate surface area is 125 Å². The number of rotatable bonds is 5. The SMILES string of the molecule is NC(CSc1ccccc1F)Cc1cccc(Br)c1. The quantitative estimate of drug-likeness (QED) is 0.824. The Kier molecular flexibility index (Phi) is 5.43. The van der Waals surface area contributed by atoms with E-state index in [2.05, 4.69) is 28.1 Å². The molecule has 2 N–H and O–H groups in total. The predicted molar refractivity (Wildman–Crippen MR) is 82.9 cm³/mol. The number of thioether (sulfide) groups is 1. The average Bonchev–Trinajstić information content (AvgIpc) is 2.38. The van der Waals surface area contributed by atoms with E-state index in [0.717, 1.165) is 10.9 Å². The van der Waals surface area contributed by atoms with Crippen LogP contribution in [0.4, 0.5) is 4.39 Å². The van der Waals surface area contributed by atoms with Gasteiger partial charge in [0.2, 0.25) is 0 Å². The van der Waals surface area contributed by atoms with Crippen molar-refractivity contribution in [3.63, 3.8) is 0 Å². The molecule has 4 heteroatoms. The second-order valence-corrected chi connectivity index (χ2v) is 6.31. The van der Waals surface area contributed by atoms with Crippen LogP contribution in [0.3, 0.4) is 0 Å². The van der Waals surface area contributed by atoms with Gasteiger partial charge in [0.05, 0.1) is 0 Å². The standard InChI is InChI=1S/C15H15BrFNS/c16-12-5-3-4-11(8-12)9-13(18)10-19-15-7-2-1-6-14(15)17/h1-8,13H,9-10,18H2. The lowest BCUT2D eigenvalue weighted by Gasteiger charge is -2.12. The monoisotopic (exact) mass is 339 g/mol. The van der Waals surface area contributed by atoms with Crippen molar-refractivity contribution in [2.45, 2.75) is 17.4 Å². The van der Waals surface area contributed by atoms with Crippen LogP contribution in [0.15, 0.2) is 57.9 Å². The van der Waals surface area contributed by atoms with Crippen molar-refractivity contribution in [2.75, 3.05) is 5.75 Å². The van der Waals surface area contributed by atoms with E-state index >= 15 is 0 Å². The predicted octanol–water partition coefficient (Wildman–Crippen LogP) is 4.25. The summed E-state index contributed by atoms with van der Waals surface area (Å²) in [6.07, 6.45) is 0.793. The minimum atomic E-state index is -0.179. The molecule has 0 aliphatic heterocycles. The zero-order chi connectivity index (χ0) is 13.7. The van der Waals surface area contributed by atoms with E-state index in [1.807, 2.05) is 18.2 Å². The third-order valence-electron chi connectivity index (χ3n) is 2.68. The highest BCUT2D eigenvalue weighted by atomic mass is 79.9. The van der Waals surface area contributed by atoms with Crippen LogP contribution in [-0.4, -0.2) is 11.8 Å². The molecule has 0 saturated heterocycles. The first kappa shape index (κ1) is 14.6. The van der Waals surface area contributed by atoms with Crippen molar-refractivity contribution in [1.82, 2.24) is 0 Å². The van der Waals surface area contributed by atoms with Gasteiger partial charge in [0.15, 0.2) is 0 Å². The normalized spacial score (nSPS) is 12.4. The lowest BCUT2D eigenvalue weighted by atomic mass is 10.1. The molecule has 0 aromatic heterocycles. The summed E-state index contributed by atoms with van der Waals surface area (Å²) >= 11 is 4.91. The molecule has 19 heavy (non-hydrogen) atoms. The van der Waals surface area contributed by atoms with Gasteiger partial charge in [0.1, 0.15) is 5.82 Å². The molecule has 0 aliphatic rings. The summed E-state index contributed by atoms with van der Waals surface area (Å²) in [5, 5.41) is 0. The van der Waals surface area contributed by atoms with Crippen LogP contribution in [0.5, 0.6) is 0 Å². The molecule has 1 unspecified atom stereocenters. The van der Waals surface area contributed by atoms with E-state index in [-0.39, 0.29) is 11.9 Å². The Balaban J connectivity index is 1.88. The van der Waals surface area contributed by atoms with E-state index in [1.165, 1.54) is 23.4 Å². The van der Waals surface area contributed by atoms with Gasteiger partial charge in [-0.3, -0.25) is 0 Å². The fourth-order valence-electron chi connectivity index (χ4n) is 1.78. The number of hydrogen-bond donors (Lipinski definition) is 1. The van der Waals surface area contributed by atoms with Gasteiger partial charge >= 0.3 is 0 Å². The Morgan fingerprint density at radius 1 is 1.16 bits per heavy atom. The van der Waals surface area contributed by atoms with Gasteiger partial charge in [-0.2, -0.15) is 0 Å². The van der Waals surface area contributed by atoms with Crippen molar-refractivity contribution in [3.05, 3.63) is 64.4 Å². The van der Waals surface area contributed by atoms with Crippen molar-refractivity contribution < 1.29 is 4.39 Å². The molecule has 1 nitrogen and oxygen atoms in total. The Hall–Kier alpha value is -0.840. The number of nitrogens with two attached hydrogens (primary N) is 1. The molecule has 2 rings (SSSR count). The van der Waals surface area contributed by atoms with Gasteiger partial charge in [-0.1, -0.05) is 40.2 Å². The summed E-state index contributed by atoms with van der Waals surface area (Å²) in [4.78, 5) is 0.659. The van der Waals surface area contributed by atoms with Crippen molar-refractivity contribution >= 4 is 27.7 Å². The summed E-state index contributed by atoms with van der Waals surface area (Å²) in [6.45, 7) is 0. The molecular formula is C15H15BrFNS. The zero-order valence-corrected chi connectivity index (χ0v) is 12.8. The minimum absolute atomic E-state index is 0.0129. The topological polar surface area (TPSA) is 26.0 Å². The van der Waals surface area contributed by atoms with Crippen LogP contribution in [0, 0.1) is 5.82 Å². The fourth-order valence-corrected chi connectivity index (χ4v) is 3.12. The average molecular weight is 340 g/mol. The second-order valence-electron chi connectivity index (χ2n) is 4.34. The zero-order valence-electron chi connectivity index (χ0n) is 10.4. The first-order chi connectivity index (χ1) is 9.15. The smallest absolute Gasteiger partial charge is 0.136 e. The van der Waals surface area contributed by atoms with Gasteiger partial charge in [-0.15, -0.1) is 11.8 Å². The fraction of sp³-hybridized carbons (Fsp3) is 0.200. The first-order valence-corrected chi connectivity index (χ1v) is 7.80. The second kappa shape index (κ2) is 7.08. The Morgan fingerprint density at radius 2 is 1.95 bits per heavy atom. The van der Waals surface area contributed by atoms with Gasteiger partial charge in [-0.25, -0.2) is 4.39 Å². The molecule has 100 valence electrons. The third-order valence-corrected chi connectivity index (χ3v) is 4.41. The number of hydrogen-bond acceptors (Lipinski definition) is 2. The third kappa shape index (κ3) is 4.64. The number of halogens is 2. The maximum atomic E-state index is 13.5. The summed E-state index contributed by atoms with van der Waals surface area (Å²) < 4.78 is 14.5. The molecule has 0 radical (unpaired) electrons. The molecule has 0 amide bonds. The van der Waals surface area contributed by atoms with Crippen molar-refractivity contribution in [3.8, 4) is 0 Å². The van der Waals surface area contributed by atoms with Crippen molar-refractivity contribution in [2.24, 2.45) is 5.73 Å². The largest absolute Gasteiger partial charge is 0.327 e. The molecule has 2 aromatic rings. The molecule has 0 saturated carbocycles. The van der Waals surface area contributed by atoms with Crippen LogP contribution < -0.4 is 5.73 Å². The van der Waals surface area contributed by atoms with Crippen molar-refractivity contribution in [1.29, 1.82) is 0 Å². The van der Waals surface area contributed by atoms with Gasteiger partial charge in [-0.05, 0) is 36.2 Å². The van der Waals surface area contributed by atoms with Crippen LogP contribution in [0.1, 0.15) is 5.56 Å². The summed E-state index contributed by atoms with van der Waals surface area (Å²) in [5.74, 6) is 0.523. The molecule has 0 spiro atoms. The molecule has 1 atom stereocenters. The van der Waals surface area contributed by atoms with Crippen LogP contribution in [0.2, 0.25) is 0 Å². The summed E-state index contributed by atoms with van der Waals surface area (Å²) in [6, 6.07) is 14.9. The van der Waals surface area contributed by atoms with E-state index in [0.29, 0.717) is 10.6 Å². The van der Waals surface area contributed by atoms with Gasteiger partial charge < -0.3 is 5.73 Å². The van der Waals surface area contributed by atoms with E-state index in [1.54, 1.807) is 12.1 Å². The Morgan fingerprint density at radius 3 is 2.68 bits per heavy atom. The molecule has 0 fully saturated rings. The van der Waals surface area contributed by atoms with Crippen LogP contribution in [0.25, 0.3) is 0 Å². The lowest BCUT2D eigenvalue weighted by molar-refractivity contribution is 0.601. The summed E-state index contributed by atoms with van der Waals surface area (Å²) in [7, 11) is 0. The molecule has 0 aliphatic carbocycles. The van der Waals surface area contributed by atoms with Gasteiger partial charge in [0, 0.05) is 21.2 Å². The van der Waals surface area contributed by atoms with E-state index in [9.17, 15) is 4.39 Å². The molecular weight excluding hydrogens is 325 g/mol. The molecule has 2 aromatic carbocycles. The maximum absolute atomic E-state index is 13.5. The molecule has 0 bridgehead atoms. The highest BCUT2D eigenvalue weighted by Crippen LogP contribution is 2.22. The molecule has 0 heterocycles. The lowest BCUT2D eigenvalue weighted by Crippen LogP contribution is -2.25. The first-order valence-electron chi connectivity index (χ1n) is 6.02. The van der Waals surface area contributed by atoms with E-state index < -0.39 is 0 Å². The summed E-state index contributed by atoms with van der Waals surface area (Å²) in [5.41, 5.74) is 7.29. The number of benzene rings is 2. The van der Waals surface area contributed by atoms with Crippen LogP contribution in [-0.2, 0) is 6.42 Å². The van der Waals surface area contributed by atoms with E-state index in [4.69, 9.17) is 5.73 Å². The van der Waals surface area contributed by atoms with Crippen LogP contribution >= 0.6 is 27.7 Å². The highest BCUT2D eigenvalue weighted by Gasteiger charge is 2.07.